The minimum Gasteiger partial charge on any atom is -0.257 e. The van der Waals surface area contributed by atoms with E-state index in [-0.39, 0.29) is 0 Å². The van der Waals surface area contributed by atoms with Crippen LogP contribution in [0.2, 0.25) is 0 Å². The van der Waals surface area contributed by atoms with E-state index in [2.05, 4.69) is 25.4 Å². The smallest absolute Gasteiger partial charge is 0.0658 e. The standard InChI is InChI=1S/C10H13N/c1-8(2)9(3)10-6-4-5-7-11-10/h4-8H,3H2,1-2H3. The zero-order valence-corrected chi connectivity index (χ0v) is 7.04. The normalized spacial score (nSPS) is 10.1. The molecule has 0 amide bonds. The fourth-order valence-corrected chi connectivity index (χ4v) is 0.848. The number of nitrogens with zero attached hydrogens (tertiary/aromatic N) is 1. The van der Waals surface area contributed by atoms with E-state index in [1.807, 2.05) is 18.2 Å². The summed E-state index contributed by atoms with van der Waals surface area (Å²) in [7, 11) is 0. The maximum atomic E-state index is 4.20. The summed E-state index contributed by atoms with van der Waals surface area (Å²) in [6, 6.07) is 5.88. The highest BCUT2D eigenvalue weighted by Crippen LogP contribution is 2.17. The zero-order chi connectivity index (χ0) is 8.27. The van der Waals surface area contributed by atoms with Crippen molar-refractivity contribution in [1.29, 1.82) is 0 Å². The molecule has 0 fully saturated rings. The highest BCUT2D eigenvalue weighted by Gasteiger charge is 2.02. The van der Waals surface area contributed by atoms with Crippen molar-refractivity contribution >= 4 is 5.57 Å². The first kappa shape index (κ1) is 7.99. The molecular weight excluding hydrogens is 134 g/mol. The van der Waals surface area contributed by atoms with Gasteiger partial charge in [-0.1, -0.05) is 26.5 Å². The van der Waals surface area contributed by atoms with Crippen LogP contribution >= 0.6 is 0 Å². The number of aromatic nitrogens is 1. The molecule has 0 saturated heterocycles. The van der Waals surface area contributed by atoms with Gasteiger partial charge in [0.15, 0.2) is 0 Å². The molecule has 58 valence electrons. The number of allylic oxidation sites excluding steroid dienone is 1. The first-order valence-corrected chi connectivity index (χ1v) is 3.82. The van der Waals surface area contributed by atoms with E-state index < -0.39 is 0 Å². The summed E-state index contributed by atoms with van der Waals surface area (Å²) in [6.07, 6.45) is 1.79. The molecule has 1 rings (SSSR count). The van der Waals surface area contributed by atoms with E-state index in [1.165, 1.54) is 0 Å². The van der Waals surface area contributed by atoms with Crippen LogP contribution in [0.3, 0.4) is 0 Å². The van der Waals surface area contributed by atoms with Gasteiger partial charge in [0.05, 0.1) is 5.69 Å². The van der Waals surface area contributed by atoms with Crippen molar-refractivity contribution in [2.75, 3.05) is 0 Å². The number of pyridine rings is 1. The van der Waals surface area contributed by atoms with Crippen molar-refractivity contribution in [3.63, 3.8) is 0 Å². The first-order valence-electron chi connectivity index (χ1n) is 3.82. The van der Waals surface area contributed by atoms with Crippen molar-refractivity contribution < 1.29 is 0 Å². The molecule has 0 saturated carbocycles. The average Bonchev–Trinajstić information content (AvgIpc) is 2.05. The summed E-state index contributed by atoms with van der Waals surface area (Å²) in [6.45, 7) is 8.21. The molecule has 0 aromatic carbocycles. The van der Waals surface area contributed by atoms with Crippen molar-refractivity contribution in [3.05, 3.63) is 36.7 Å². The van der Waals surface area contributed by atoms with Crippen LogP contribution in [0.15, 0.2) is 31.0 Å². The van der Waals surface area contributed by atoms with Crippen molar-refractivity contribution in [1.82, 2.24) is 4.98 Å². The van der Waals surface area contributed by atoms with E-state index in [9.17, 15) is 0 Å². The molecule has 0 N–H and O–H groups in total. The molecule has 11 heavy (non-hydrogen) atoms. The third kappa shape index (κ3) is 1.90. The summed E-state index contributed by atoms with van der Waals surface area (Å²) in [4.78, 5) is 4.20. The summed E-state index contributed by atoms with van der Waals surface area (Å²) >= 11 is 0. The lowest BCUT2D eigenvalue weighted by Gasteiger charge is -2.06. The second-order valence-corrected chi connectivity index (χ2v) is 2.89. The lowest BCUT2D eigenvalue weighted by Crippen LogP contribution is -1.93. The van der Waals surface area contributed by atoms with Gasteiger partial charge in [0.2, 0.25) is 0 Å². The van der Waals surface area contributed by atoms with Gasteiger partial charge in [0.1, 0.15) is 0 Å². The van der Waals surface area contributed by atoms with Crippen LogP contribution < -0.4 is 0 Å². The Morgan fingerprint density at radius 3 is 2.64 bits per heavy atom. The molecule has 0 aliphatic rings. The lowest BCUT2D eigenvalue weighted by molar-refractivity contribution is 0.851. The fourth-order valence-electron chi connectivity index (χ4n) is 0.848. The maximum absolute atomic E-state index is 4.20. The topological polar surface area (TPSA) is 12.9 Å². The van der Waals surface area contributed by atoms with Crippen LogP contribution in [-0.4, -0.2) is 4.98 Å². The molecule has 1 aromatic rings. The van der Waals surface area contributed by atoms with Crippen LogP contribution in [0.4, 0.5) is 0 Å². The predicted molar refractivity (Wildman–Crippen MR) is 48.1 cm³/mol. The Bertz CT molecular complexity index is 236. The van der Waals surface area contributed by atoms with Crippen LogP contribution in [0, 0.1) is 5.92 Å². The zero-order valence-electron chi connectivity index (χ0n) is 7.04. The fraction of sp³-hybridized carbons (Fsp3) is 0.300. The lowest BCUT2D eigenvalue weighted by atomic mass is 10.0. The molecule has 0 radical (unpaired) electrons. The van der Waals surface area contributed by atoms with Gasteiger partial charge < -0.3 is 0 Å². The Labute approximate surface area is 67.8 Å². The monoisotopic (exact) mass is 147 g/mol. The highest BCUT2D eigenvalue weighted by molar-refractivity contribution is 5.61. The van der Waals surface area contributed by atoms with Gasteiger partial charge in [-0.2, -0.15) is 0 Å². The van der Waals surface area contributed by atoms with Gasteiger partial charge in [0, 0.05) is 6.20 Å². The van der Waals surface area contributed by atoms with Gasteiger partial charge in [-0.15, -0.1) is 0 Å². The Morgan fingerprint density at radius 1 is 1.45 bits per heavy atom. The molecule has 0 bridgehead atoms. The molecule has 1 nitrogen and oxygen atoms in total. The van der Waals surface area contributed by atoms with Gasteiger partial charge >= 0.3 is 0 Å². The highest BCUT2D eigenvalue weighted by atomic mass is 14.7. The molecule has 0 unspecified atom stereocenters. The second-order valence-electron chi connectivity index (χ2n) is 2.89. The largest absolute Gasteiger partial charge is 0.257 e. The molecule has 1 heteroatoms. The minimum atomic E-state index is 0.477. The van der Waals surface area contributed by atoms with E-state index in [1.54, 1.807) is 6.20 Å². The van der Waals surface area contributed by atoms with Crippen LogP contribution in [0.5, 0.6) is 0 Å². The maximum Gasteiger partial charge on any atom is 0.0658 e. The third-order valence-corrected chi connectivity index (χ3v) is 1.69. The van der Waals surface area contributed by atoms with Crippen LogP contribution in [0.1, 0.15) is 19.5 Å². The number of rotatable bonds is 2. The predicted octanol–water partition coefficient (Wildman–Crippen LogP) is 2.75. The average molecular weight is 147 g/mol. The van der Waals surface area contributed by atoms with Gasteiger partial charge in [-0.05, 0) is 23.6 Å². The number of hydrogen-bond donors (Lipinski definition) is 0. The van der Waals surface area contributed by atoms with Gasteiger partial charge in [-0.3, -0.25) is 4.98 Å². The second kappa shape index (κ2) is 3.33. The molecule has 0 atom stereocenters. The molecule has 1 heterocycles. The van der Waals surface area contributed by atoms with Crippen molar-refractivity contribution in [3.8, 4) is 0 Å². The van der Waals surface area contributed by atoms with Crippen LogP contribution in [0.25, 0.3) is 5.57 Å². The van der Waals surface area contributed by atoms with Gasteiger partial charge in [-0.25, -0.2) is 0 Å². The number of hydrogen-bond acceptors (Lipinski definition) is 1. The summed E-state index contributed by atoms with van der Waals surface area (Å²) in [5, 5.41) is 0. The van der Waals surface area contributed by atoms with Crippen molar-refractivity contribution in [2.24, 2.45) is 5.92 Å². The van der Waals surface area contributed by atoms with Crippen LogP contribution in [-0.2, 0) is 0 Å². The van der Waals surface area contributed by atoms with E-state index in [0.29, 0.717) is 5.92 Å². The molecule has 1 aromatic heterocycles. The van der Waals surface area contributed by atoms with E-state index in [4.69, 9.17) is 0 Å². The first-order chi connectivity index (χ1) is 5.22. The Kier molecular flexibility index (Phi) is 2.42. The Hall–Kier alpha value is -1.11. The van der Waals surface area contributed by atoms with E-state index >= 15 is 0 Å². The quantitative estimate of drug-likeness (QED) is 0.626. The summed E-state index contributed by atoms with van der Waals surface area (Å²) in [5.41, 5.74) is 2.10. The third-order valence-electron chi connectivity index (χ3n) is 1.69. The SMILES string of the molecule is C=C(c1ccccn1)C(C)C. The molecule has 0 aliphatic heterocycles. The molecule has 0 aliphatic carbocycles. The van der Waals surface area contributed by atoms with Crippen molar-refractivity contribution in [2.45, 2.75) is 13.8 Å². The molecular formula is C10H13N. The Morgan fingerprint density at radius 2 is 2.18 bits per heavy atom. The minimum absolute atomic E-state index is 0.477. The summed E-state index contributed by atoms with van der Waals surface area (Å²) < 4.78 is 0. The van der Waals surface area contributed by atoms with Gasteiger partial charge in [0.25, 0.3) is 0 Å². The summed E-state index contributed by atoms with van der Waals surface area (Å²) in [5.74, 6) is 0.477. The Balaban J connectivity index is 2.86. The van der Waals surface area contributed by atoms with E-state index in [0.717, 1.165) is 11.3 Å². The molecule has 0 spiro atoms.